The maximum Gasteiger partial charge on any atom is 0.264 e. The van der Waals surface area contributed by atoms with E-state index in [-0.39, 0.29) is 17.3 Å². The van der Waals surface area contributed by atoms with Crippen LogP contribution in [-0.2, 0) is 4.79 Å². The Labute approximate surface area is 148 Å². The van der Waals surface area contributed by atoms with Gasteiger partial charge in [-0.3, -0.25) is 10.1 Å². The van der Waals surface area contributed by atoms with E-state index >= 15 is 0 Å². The van der Waals surface area contributed by atoms with Gasteiger partial charge in [-0.2, -0.15) is 0 Å². The monoisotopic (exact) mass is 363 g/mol. The van der Waals surface area contributed by atoms with Crippen molar-refractivity contribution in [2.24, 2.45) is 0 Å². The molecule has 0 spiro atoms. The number of amides is 1. The predicted molar refractivity (Wildman–Crippen MR) is 92.1 cm³/mol. The van der Waals surface area contributed by atoms with Crippen molar-refractivity contribution in [1.29, 1.82) is 0 Å². The number of carbonyl (C=O) groups excluding carboxylic acids is 2. The number of rotatable bonds is 5. The molecule has 1 amide bonds. The number of carboxylic acids is 1. The molecule has 0 aromatic heterocycles. The first-order valence-corrected chi connectivity index (χ1v) is 7.54. The van der Waals surface area contributed by atoms with E-state index in [9.17, 15) is 14.7 Å². The number of nitrogens with one attached hydrogen (secondary N) is 2. The second-order valence-electron chi connectivity index (χ2n) is 4.59. The van der Waals surface area contributed by atoms with Crippen molar-refractivity contribution >= 4 is 46.5 Å². The summed E-state index contributed by atoms with van der Waals surface area (Å²) < 4.78 is 5.28. The molecule has 0 heterocycles. The van der Waals surface area contributed by atoms with Gasteiger partial charge in [-0.15, -0.1) is 0 Å². The van der Waals surface area contributed by atoms with Gasteiger partial charge < -0.3 is 20.0 Å². The third-order valence-electron chi connectivity index (χ3n) is 2.80. The summed E-state index contributed by atoms with van der Waals surface area (Å²) in [4.78, 5) is 22.6. The molecule has 2 aromatic rings. The lowest BCUT2D eigenvalue weighted by Crippen LogP contribution is -2.37. The molecule has 6 nitrogen and oxygen atoms in total. The predicted octanol–water partition coefficient (Wildman–Crippen LogP) is 1.60. The molecule has 0 bridgehead atoms. The van der Waals surface area contributed by atoms with Crippen LogP contribution in [0, 0.1) is 0 Å². The second kappa shape index (κ2) is 8.28. The Hall–Kier alpha value is -2.64. The van der Waals surface area contributed by atoms with Gasteiger partial charge >= 0.3 is 0 Å². The van der Waals surface area contributed by atoms with Gasteiger partial charge in [0.25, 0.3) is 5.91 Å². The van der Waals surface area contributed by atoms with Crippen LogP contribution in [0.1, 0.15) is 10.4 Å². The first-order chi connectivity index (χ1) is 11.5. The summed E-state index contributed by atoms with van der Waals surface area (Å²) in [6, 6.07) is 12.6. The largest absolute Gasteiger partial charge is 0.545 e. The molecular weight excluding hydrogens is 352 g/mol. The van der Waals surface area contributed by atoms with Crippen molar-refractivity contribution in [3.8, 4) is 5.75 Å². The van der Waals surface area contributed by atoms with Crippen LogP contribution in [0.2, 0.25) is 5.02 Å². The number of benzene rings is 2. The van der Waals surface area contributed by atoms with Crippen molar-refractivity contribution in [2.75, 3.05) is 11.9 Å². The molecule has 0 saturated heterocycles. The van der Waals surface area contributed by atoms with Crippen molar-refractivity contribution in [3.63, 3.8) is 0 Å². The molecule has 0 aliphatic rings. The van der Waals surface area contributed by atoms with Crippen LogP contribution >= 0.6 is 23.8 Å². The highest BCUT2D eigenvalue weighted by molar-refractivity contribution is 7.80. The number of carboxylic acid groups (broad SMARTS) is 1. The third kappa shape index (κ3) is 5.22. The molecule has 0 radical (unpaired) electrons. The fourth-order valence-corrected chi connectivity index (χ4v) is 2.18. The topological polar surface area (TPSA) is 90.5 Å². The Bertz CT molecular complexity index is 782. The van der Waals surface area contributed by atoms with Gasteiger partial charge in [0.05, 0.1) is 11.0 Å². The van der Waals surface area contributed by atoms with E-state index in [2.05, 4.69) is 10.6 Å². The molecule has 0 aliphatic heterocycles. The number of thiocarbonyl (C=S) groups is 1. The summed E-state index contributed by atoms with van der Waals surface area (Å²) >= 11 is 10.9. The Morgan fingerprint density at radius 1 is 1.17 bits per heavy atom. The number of anilines is 1. The van der Waals surface area contributed by atoms with Crippen LogP contribution in [0.25, 0.3) is 0 Å². The number of ether oxygens (including phenoxy) is 1. The minimum atomic E-state index is -1.30. The molecule has 0 unspecified atom stereocenters. The minimum absolute atomic E-state index is 0.00354. The van der Waals surface area contributed by atoms with Gasteiger partial charge in [-0.25, -0.2) is 0 Å². The van der Waals surface area contributed by atoms with Crippen molar-refractivity contribution in [1.82, 2.24) is 5.32 Å². The first-order valence-electron chi connectivity index (χ1n) is 6.75. The molecule has 0 atom stereocenters. The quantitative estimate of drug-likeness (QED) is 0.784. The highest BCUT2D eigenvalue weighted by Crippen LogP contribution is 2.22. The average Bonchev–Trinajstić information content (AvgIpc) is 2.54. The zero-order valence-electron chi connectivity index (χ0n) is 12.2. The highest BCUT2D eigenvalue weighted by atomic mass is 35.5. The maximum atomic E-state index is 11.8. The van der Waals surface area contributed by atoms with Gasteiger partial charge in [-0.05, 0) is 42.0 Å². The summed E-state index contributed by atoms with van der Waals surface area (Å²) in [5, 5.41) is 16.3. The second-order valence-corrected chi connectivity index (χ2v) is 5.41. The molecule has 2 rings (SSSR count). The first kappa shape index (κ1) is 17.7. The molecule has 2 aromatic carbocycles. The van der Waals surface area contributed by atoms with Crippen LogP contribution in [-0.4, -0.2) is 23.6 Å². The van der Waals surface area contributed by atoms with Crippen LogP contribution in [0.3, 0.4) is 0 Å². The molecule has 0 saturated carbocycles. The Kier molecular flexibility index (Phi) is 6.11. The van der Waals surface area contributed by atoms with Gasteiger partial charge in [-0.1, -0.05) is 35.9 Å². The van der Waals surface area contributed by atoms with Crippen LogP contribution in [0.4, 0.5) is 5.69 Å². The minimum Gasteiger partial charge on any atom is -0.545 e. The Balaban J connectivity index is 1.86. The molecule has 0 aliphatic carbocycles. The van der Waals surface area contributed by atoms with Gasteiger partial charge in [0.15, 0.2) is 11.7 Å². The van der Waals surface area contributed by atoms with Gasteiger partial charge in [0, 0.05) is 5.69 Å². The van der Waals surface area contributed by atoms with Crippen molar-refractivity contribution < 1.29 is 19.4 Å². The fourth-order valence-electron chi connectivity index (χ4n) is 1.75. The zero-order chi connectivity index (χ0) is 17.5. The van der Waals surface area contributed by atoms with E-state index in [1.807, 2.05) is 0 Å². The normalized spacial score (nSPS) is 9.88. The number of para-hydroxylation sites is 1. The van der Waals surface area contributed by atoms with E-state index < -0.39 is 11.9 Å². The molecule has 124 valence electrons. The lowest BCUT2D eigenvalue weighted by Gasteiger charge is -2.12. The summed E-state index contributed by atoms with van der Waals surface area (Å²) in [6.07, 6.45) is 0. The summed E-state index contributed by atoms with van der Waals surface area (Å²) in [6.45, 7) is -0.273. The summed E-state index contributed by atoms with van der Waals surface area (Å²) in [7, 11) is 0. The molecule has 0 fully saturated rings. The Morgan fingerprint density at radius 3 is 2.62 bits per heavy atom. The van der Waals surface area contributed by atoms with Crippen molar-refractivity contribution in [2.45, 2.75) is 0 Å². The van der Waals surface area contributed by atoms with Crippen LogP contribution in [0.15, 0.2) is 48.5 Å². The van der Waals surface area contributed by atoms with E-state index in [4.69, 9.17) is 28.6 Å². The zero-order valence-corrected chi connectivity index (χ0v) is 13.8. The van der Waals surface area contributed by atoms with Crippen LogP contribution < -0.4 is 20.5 Å². The van der Waals surface area contributed by atoms with E-state index in [0.29, 0.717) is 16.5 Å². The summed E-state index contributed by atoms with van der Waals surface area (Å²) in [5.74, 6) is -1.40. The maximum absolute atomic E-state index is 11.8. The highest BCUT2D eigenvalue weighted by Gasteiger charge is 2.08. The van der Waals surface area contributed by atoms with Crippen LogP contribution in [0.5, 0.6) is 5.75 Å². The van der Waals surface area contributed by atoms with E-state index in [0.717, 1.165) is 0 Å². The number of hydrogen-bond acceptors (Lipinski definition) is 5. The number of halogens is 1. The molecule has 24 heavy (non-hydrogen) atoms. The number of aromatic carboxylic acids is 1. The van der Waals surface area contributed by atoms with E-state index in [1.165, 1.54) is 18.2 Å². The van der Waals surface area contributed by atoms with Crippen molar-refractivity contribution in [3.05, 3.63) is 59.1 Å². The smallest absolute Gasteiger partial charge is 0.264 e. The SMILES string of the molecule is O=C(COc1ccccc1Cl)NC(=S)Nc1cccc(C(=O)[O-])c1. The van der Waals surface area contributed by atoms with E-state index in [1.54, 1.807) is 30.3 Å². The van der Waals surface area contributed by atoms with Gasteiger partial charge in [0.1, 0.15) is 5.75 Å². The number of hydrogen-bond donors (Lipinski definition) is 2. The fraction of sp³-hybridized carbons (Fsp3) is 0.0625. The average molecular weight is 364 g/mol. The third-order valence-corrected chi connectivity index (χ3v) is 3.32. The molecule has 2 N–H and O–H groups in total. The molecular formula is C16H12ClN2O4S-. The summed E-state index contributed by atoms with van der Waals surface area (Å²) in [5.41, 5.74) is 0.408. The Morgan fingerprint density at radius 2 is 1.92 bits per heavy atom. The standard InChI is InChI=1S/C16H13ClN2O4S/c17-12-6-1-2-7-13(12)23-9-14(20)19-16(24)18-11-5-3-4-10(8-11)15(21)22/h1-8H,9H2,(H,21,22)(H2,18,19,20,24)/p-1. The number of carbonyl (C=O) groups is 2. The lowest BCUT2D eigenvalue weighted by molar-refractivity contribution is -0.255. The van der Waals surface area contributed by atoms with Gasteiger partial charge in [0.2, 0.25) is 0 Å². The lowest BCUT2D eigenvalue weighted by atomic mass is 10.2. The molecule has 8 heteroatoms.